The second-order valence-electron chi connectivity index (χ2n) is 8.34. The lowest BCUT2D eigenvalue weighted by Gasteiger charge is -2.39. The summed E-state index contributed by atoms with van der Waals surface area (Å²) in [5, 5.41) is 0.0412. The molecule has 1 aromatic heterocycles. The highest BCUT2D eigenvalue weighted by Gasteiger charge is 2.39. The first-order valence-corrected chi connectivity index (χ1v) is 14.2. The van der Waals surface area contributed by atoms with Gasteiger partial charge in [-0.05, 0) is 37.9 Å². The lowest BCUT2D eigenvalue weighted by atomic mass is 10.2. The van der Waals surface area contributed by atoms with Crippen LogP contribution in [0.3, 0.4) is 0 Å². The molecule has 0 aliphatic carbocycles. The highest BCUT2D eigenvalue weighted by Crippen LogP contribution is 2.38. The maximum absolute atomic E-state index is 11.8. The standard InChI is InChI=1S/C18H34N2O6SSi/c1-8-24-17(21)16-13-20(14-19-16)12-15(10-9-11-25-27(5,22)23)26-28(6,7)18(2,3)4/h13-15H,8-12H2,1-7H3. The molecular formula is C18H34N2O6SSi. The molecule has 0 bridgehead atoms. The van der Waals surface area contributed by atoms with Gasteiger partial charge in [0, 0.05) is 12.7 Å². The van der Waals surface area contributed by atoms with Gasteiger partial charge in [-0.1, -0.05) is 20.8 Å². The van der Waals surface area contributed by atoms with Gasteiger partial charge in [0.2, 0.25) is 0 Å². The van der Waals surface area contributed by atoms with Crippen LogP contribution in [-0.4, -0.2) is 57.8 Å². The molecule has 0 N–H and O–H groups in total. The average Bonchev–Trinajstić information content (AvgIpc) is 2.98. The van der Waals surface area contributed by atoms with Gasteiger partial charge >= 0.3 is 5.97 Å². The van der Waals surface area contributed by atoms with Crippen molar-refractivity contribution in [2.75, 3.05) is 19.5 Å². The van der Waals surface area contributed by atoms with Gasteiger partial charge in [0.1, 0.15) is 0 Å². The molecule has 0 aliphatic rings. The molecule has 1 unspecified atom stereocenters. The van der Waals surface area contributed by atoms with Crippen LogP contribution >= 0.6 is 0 Å². The van der Waals surface area contributed by atoms with E-state index in [1.165, 1.54) is 0 Å². The number of rotatable bonds is 11. The summed E-state index contributed by atoms with van der Waals surface area (Å²) in [6.45, 7) is 13.5. The minimum Gasteiger partial charge on any atom is -0.461 e. The molecule has 0 spiro atoms. The zero-order chi connectivity index (χ0) is 21.6. The normalized spacial score (nSPS) is 14.1. The van der Waals surface area contributed by atoms with Gasteiger partial charge in [0.05, 0.1) is 31.9 Å². The van der Waals surface area contributed by atoms with Crippen LogP contribution in [0.15, 0.2) is 12.5 Å². The molecule has 0 amide bonds. The first-order valence-electron chi connectivity index (χ1n) is 9.46. The van der Waals surface area contributed by atoms with Crippen molar-refractivity contribution in [2.24, 2.45) is 0 Å². The molecule has 1 atom stereocenters. The van der Waals surface area contributed by atoms with Gasteiger partial charge < -0.3 is 13.7 Å². The zero-order valence-corrected chi connectivity index (χ0v) is 19.8. The van der Waals surface area contributed by atoms with Crippen LogP contribution in [0.5, 0.6) is 0 Å². The highest BCUT2D eigenvalue weighted by atomic mass is 32.2. The first-order chi connectivity index (χ1) is 12.7. The topological polar surface area (TPSA) is 96.7 Å². The zero-order valence-electron chi connectivity index (χ0n) is 18.0. The van der Waals surface area contributed by atoms with Crippen LogP contribution in [0.4, 0.5) is 0 Å². The molecule has 0 saturated heterocycles. The molecule has 0 saturated carbocycles. The molecule has 0 aliphatic heterocycles. The van der Waals surface area contributed by atoms with Gasteiger partial charge in [-0.15, -0.1) is 0 Å². The Bertz CT molecular complexity index is 740. The molecule has 8 nitrogen and oxygen atoms in total. The summed E-state index contributed by atoms with van der Waals surface area (Å²) >= 11 is 0. The second-order valence-corrected chi connectivity index (χ2v) is 14.7. The Hall–Kier alpha value is -1.23. The van der Waals surface area contributed by atoms with Crippen molar-refractivity contribution < 1.29 is 26.6 Å². The molecule has 1 aromatic rings. The fourth-order valence-electron chi connectivity index (χ4n) is 2.31. The van der Waals surface area contributed by atoms with Crippen LogP contribution in [-0.2, 0) is 30.0 Å². The van der Waals surface area contributed by atoms with Gasteiger partial charge in [0.25, 0.3) is 10.1 Å². The van der Waals surface area contributed by atoms with E-state index in [-0.39, 0.29) is 23.4 Å². The minimum absolute atomic E-state index is 0.0412. The molecular weight excluding hydrogens is 400 g/mol. The third-order valence-electron chi connectivity index (χ3n) is 4.77. The van der Waals surface area contributed by atoms with E-state index in [1.54, 1.807) is 19.4 Å². The Labute approximate surface area is 169 Å². The SMILES string of the molecule is CCOC(=O)c1cn(CC(CCCOS(C)(=O)=O)O[Si](C)(C)C(C)(C)C)cn1. The fourth-order valence-corrected chi connectivity index (χ4v) is 4.11. The summed E-state index contributed by atoms with van der Waals surface area (Å²) in [7, 11) is -5.48. The number of esters is 1. The van der Waals surface area contributed by atoms with E-state index in [9.17, 15) is 13.2 Å². The predicted molar refractivity (Wildman–Crippen MR) is 110 cm³/mol. The van der Waals surface area contributed by atoms with E-state index in [4.69, 9.17) is 13.3 Å². The molecule has 28 heavy (non-hydrogen) atoms. The largest absolute Gasteiger partial charge is 0.461 e. The van der Waals surface area contributed by atoms with Crippen LogP contribution in [0.1, 0.15) is 51.0 Å². The fraction of sp³-hybridized carbons (Fsp3) is 0.778. The maximum atomic E-state index is 11.8. The molecule has 0 aromatic carbocycles. The van der Waals surface area contributed by atoms with Gasteiger partial charge in [-0.3, -0.25) is 4.18 Å². The van der Waals surface area contributed by atoms with Gasteiger partial charge in [0.15, 0.2) is 14.0 Å². The quantitative estimate of drug-likeness (QED) is 0.228. The Balaban J connectivity index is 2.83. The number of imidazole rings is 1. The molecule has 1 heterocycles. The van der Waals surface area contributed by atoms with Crippen LogP contribution < -0.4 is 0 Å². The summed E-state index contributed by atoms with van der Waals surface area (Å²) in [6.07, 6.45) is 5.31. The van der Waals surface area contributed by atoms with E-state index in [1.807, 2.05) is 4.57 Å². The summed E-state index contributed by atoms with van der Waals surface area (Å²) < 4.78 is 40.4. The Morgan fingerprint density at radius 2 is 1.96 bits per heavy atom. The van der Waals surface area contributed by atoms with Crippen molar-refractivity contribution >= 4 is 24.4 Å². The van der Waals surface area contributed by atoms with Crippen molar-refractivity contribution in [1.82, 2.24) is 9.55 Å². The molecule has 0 fully saturated rings. The summed E-state index contributed by atoms with van der Waals surface area (Å²) in [5.41, 5.74) is 0.258. The Morgan fingerprint density at radius 1 is 1.32 bits per heavy atom. The van der Waals surface area contributed by atoms with Gasteiger partial charge in [-0.25, -0.2) is 9.78 Å². The van der Waals surface area contributed by atoms with Crippen molar-refractivity contribution in [2.45, 2.75) is 71.3 Å². The number of hydrogen-bond acceptors (Lipinski definition) is 7. The molecule has 1 rings (SSSR count). The summed E-state index contributed by atoms with van der Waals surface area (Å²) in [4.78, 5) is 15.9. The van der Waals surface area contributed by atoms with E-state index in [0.717, 1.165) is 6.26 Å². The summed E-state index contributed by atoms with van der Waals surface area (Å²) in [5.74, 6) is -0.454. The average molecular weight is 435 g/mol. The van der Waals surface area contributed by atoms with Crippen LogP contribution in [0.25, 0.3) is 0 Å². The molecule has 0 radical (unpaired) electrons. The first kappa shape index (κ1) is 24.8. The molecule has 10 heteroatoms. The number of carbonyl (C=O) groups excluding carboxylic acids is 1. The molecule has 162 valence electrons. The van der Waals surface area contributed by atoms with Crippen molar-refractivity contribution in [3.8, 4) is 0 Å². The number of ether oxygens (including phenoxy) is 1. The monoisotopic (exact) mass is 434 g/mol. The van der Waals surface area contributed by atoms with Crippen LogP contribution in [0.2, 0.25) is 18.1 Å². The number of aromatic nitrogens is 2. The second kappa shape index (κ2) is 9.99. The van der Waals surface area contributed by atoms with Crippen molar-refractivity contribution in [3.63, 3.8) is 0 Å². The third kappa shape index (κ3) is 8.42. The minimum atomic E-state index is -3.45. The number of nitrogens with zero attached hydrogens (tertiary/aromatic N) is 2. The van der Waals surface area contributed by atoms with Gasteiger partial charge in [-0.2, -0.15) is 8.42 Å². The van der Waals surface area contributed by atoms with Crippen molar-refractivity contribution in [1.29, 1.82) is 0 Å². The van der Waals surface area contributed by atoms with E-state index in [2.05, 4.69) is 38.8 Å². The third-order valence-corrected chi connectivity index (χ3v) is 9.90. The van der Waals surface area contributed by atoms with Crippen molar-refractivity contribution in [3.05, 3.63) is 18.2 Å². The smallest absolute Gasteiger partial charge is 0.358 e. The Morgan fingerprint density at radius 3 is 2.50 bits per heavy atom. The lowest BCUT2D eigenvalue weighted by Crippen LogP contribution is -2.45. The van der Waals surface area contributed by atoms with E-state index >= 15 is 0 Å². The number of carbonyl (C=O) groups is 1. The highest BCUT2D eigenvalue weighted by molar-refractivity contribution is 7.85. The lowest BCUT2D eigenvalue weighted by molar-refractivity contribution is 0.0519. The van der Waals surface area contributed by atoms with E-state index < -0.39 is 24.4 Å². The van der Waals surface area contributed by atoms with Crippen LogP contribution in [0, 0.1) is 0 Å². The Kier molecular flexibility index (Phi) is 8.85. The summed E-state index contributed by atoms with van der Waals surface area (Å²) in [6, 6.07) is 0. The van der Waals surface area contributed by atoms with E-state index in [0.29, 0.717) is 26.0 Å². The maximum Gasteiger partial charge on any atom is 0.358 e. The number of hydrogen-bond donors (Lipinski definition) is 0. The predicted octanol–water partition coefficient (Wildman–Crippen LogP) is 3.21.